The number of benzene rings is 1. The van der Waals surface area contributed by atoms with Gasteiger partial charge < -0.3 is 19.9 Å². The standard InChI is InChI=1S/C14H20N2O4/c1-16(6-7-17)9-14(18)15-8-11-10-19-12-4-2-3-5-13(12)20-11/h2-5,11,17H,6-10H2,1H3,(H,15,18)/t11-/m0/s1. The number of hydrogen-bond donors (Lipinski definition) is 2. The van der Waals surface area contributed by atoms with E-state index < -0.39 is 0 Å². The van der Waals surface area contributed by atoms with Crippen LogP contribution in [0.25, 0.3) is 0 Å². The van der Waals surface area contributed by atoms with Gasteiger partial charge in [0.05, 0.1) is 19.7 Å². The van der Waals surface area contributed by atoms with Gasteiger partial charge >= 0.3 is 0 Å². The maximum absolute atomic E-state index is 11.7. The minimum Gasteiger partial charge on any atom is -0.486 e. The number of aliphatic hydroxyl groups excluding tert-OH is 1. The van der Waals surface area contributed by atoms with E-state index in [1.54, 1.807) is 11.9 Å². The summed E-state index contributed by atoms with van der Waals surface area (Å²) in [5, 5.41) is 11.6. The molecule has 1 heterocycles. The molecule has 2 rings (SSSR count). The Morgan fingerprint density at radius 2 is 2.20 bits per heavy atom. The molecule has 2 N–H and O–H groups in total. The van der Waals surface area contributed by atoms with Crippen molar-refractivity contribution >= 4 is 5.91 Å². The average molecular weight is 280 g/mol. The van der Waals surface area contributed by atoms with Gasteiger partial charge in [-0.15, -0.1) is 0 Å². The topological polar surface area (TPSA) is 71.0 Å². The van der Waals surface area contributed by atoms with Crippen LogP contribution in [0.15, 0.2) is 24.3 Å². The molecule has 0 saturated heterocycles. The Morgan fingerprint density at radius 1 is 1.45 bits per heavy atom. The molecule has 1 aliphatic rings. The number of nitrogens with one attached hydrogen (secondary N) is 1. The van der Waals surface area contributed by atoms with Crippen molar-refractivity contribution in [2.45, 2.75) is 6.10 Å². The third kappa shape index (κ3) is 4.11. The van der Waals surface area contributed by atoms with Gasteiger partial charge in [-0.25, -0.2) is 0 Å². The Labute approximate surface area is 118 Å². The molecule has 20 heavy (non-hydrogen) atoms. The highest BCUT2D eigenvalue weighted by Gasteiger charge is 2.21. The van der Waals surface area contributed by atoms with E-state index in [0.29, 0.717) is 25.4 Å². The third-order valence-electron chi connectivity index (χ3n) is 2.99. The minimum atomic E-state index is -0.183. The summed E-state index contributed by atoms with van der Waals surface area (Å²) in [5.41, 5.74) is 0. The monoisotopic (exact) mass is 280 g/mol. The highest BCUT2D eigenvalue weighted by Crippen LogP contribution is 2.30. The first-order valence-corrected chi connectivity index (χ1v) is 6.63. The zero-order chi connectivity index (χ0) is 14.4. The Bertz CT molecular complexity index is 453. The first kappa shape index (κ1) is 14.6. The van der Waals surface area contributed by atoms with E-state index in [9.17, 15) is 4.79 Å². The quantitative estimate of drug-likeness (QED) is 0.759. The SMILES string of the molecule is CN(CCO)CC(=O)NC[C@H]1COc2ccccc2O1. The van der Waals surface area contributed by atoms with Crippen LogP contribution in [0.1, 0.15) is 0 Å². The lowest BCUT2D eigenvalue weighted by atomic mass is 10.2. The molecule has 1 aliphatic heterocycles. The van der Waals surface area contributed by atoms with Crippen molar-refractivity contribution in [1.29, 1.82) is 0 Å². The Balaban J connectivity index is 1.74. The first-order valence-electron chi connectivity index (χ1n) is 6.63. The molecule has 6 heteroatoms. The van der Waals surface area contributed by atoms with Crippen LogP contribution in [0.4, 0.5) is 0 Å². The van der Waals surface area contributed by atoms with Crippen LogP contribution in [0.5, 0.6) is 11.5 Å². The number of aliphatic hydroxyl groups is 1. The van der Waals surface area contributed by atoms with Gasteiger partial charge in [0.2, 0.25) is 5.91 Å². The molecular formula is C14H20N2O4. The molecule has 1 aromatic rings. The normalized spacial score (nSPS) is 17.1. The van der Waals surface area contributed by atoms with Crippen LogP contribution in [0.3, 0.4) is 0 Å². The molecule has 0 aliphatic carbocycles. The van der Waals surface area contributed by atoms with Gasteiger partial charge in [0.25, 0.3) is 0 Å². The predicted octanol–water partition coefficient (Wildman–Crippen LogP) is -0.133. The third-order valence-corrected chi connectivity index (χ3v) is 2.99. The van der Waals surface area contributed by atoms with Crippen molar-refractivity contribution in [1.82, 2.24) is 10.2 Å². The molecule has 0 spiro atoms. The van der Waals surface area contributed by atoms with E-state index in [1.807, 2.05) is 24.3 Å². The summed E-state index contributed by atoms with van der Waals surface area (Å²) in [5.74, 6) is 1.34. The molecule has 0 unspecified atom stereocenters. The van der Waals surface area contributed by atoms with Crippen molar-refractivity contribution in [3.8, 4) is 11.5 Å². The van der Waals surface area contributed by atoms with Gasteiger partial charge in [0.1, 0.15) is 12.7 Å². The second-order valence-corrected chi connectivity index (χ2v) is 4.76. The zero-order valence-corrected chi connectivity index (χ0v) is 11.5. The van der Waals surface area contributed by atoms with Crippen LogP contribution in [-0.4, -0.2) is 61.9 Å². The number of amides is 1. The molecule has 6 nitrogen and oxygen atoms in total. The molecule has 110 valence electrons. The van der Waals surface area contributed by atoms with Crippen molar-refractivity contribution in [3.63, 3.8) is 0 Å². The number of nitrogens with zero attached hydrogens (tertiary/aromatic N) is 1. The molecule has 0 fully saturated rings. The fourth-order valence-electron chi connectivity index (χ4n) is 1.94. The summed E-state index contributed by atoms with van der Waals surface area (Å²) in [6, 6.07) is 7.47. The van der Waals surface area contributed by atoms with Gasteiger partial charge in [0, 0.05) is 6.54 Å². The number of fused-ring (bicyclic) bond motifs is 1. The second kappa shape index (κ2) is 7.12. The molecule has 1 atom stereocenters. The van der Waals surface area contributed by atoms with Crippen LogP contribution in [-0.2, 0) is 4.79 Å². The van der Waals surface area contributed by atoms with E-state index in [0.717, 1.165) is 5.75 Å². The van der Waals surface area contributed by atoms with Gasteiger partial charge in [-0.3, -0.25) is 9.69 Å². The minimum absolute atomic E-state index is 0.0418. The fraction of sp³-hybridized carbons (Fsp3) is 0.500. The second-order valence-electron chi connectivity index (χ2n) is 4.76. The zero-order valence-electron chi connectivity index (χ0n) is 11.5. The van der Waals surface area contributed by atoms with Gasteiger partial charge in [-0.2, -0.15) is 0 Å². The maximum Gasteiger partial charge on any atom is 0.234 e. The van der Waals surface area contributed by atoms with Gasteiger partial charge in [-0.05, 0) is 19.2 Å². The van der Waals surface area contributed by atoms with Crippen molar-refractivity contribution in [3.05, 3.63) is 24.3 Å². The predicted molar refractivity (Wildman–Crippen MR) is 73.9 cm³/mol. The van der Waals surface area contributed by atoms with E-state index in [4.69, 9.17) is 14.6 Å². The summed E-state index contributed by atoms with van der Waals surface area (Å²) in [4.78, 5) is 13.4. The van der Waals surface area contributed by atoms with E-state index >= 15 is 0 Å². The highest BCUT2D eigenvalue weighted by atomic mass is 16.6. The van der Waals surface area contributed by atoms with E-state index in [1.165, 1.54) is 0 Å². The number of ether oxygens (including phenoxy) is 2. The number of hydrogen-bond acceptors (Lipinski definition) is 5. The Kier molecular flexibility index (Phi) is 5.20. The summed E-state index contributed by atoms with van der Waals surface area (Å²) >= 11 is 0. The molecule has 0 radical (unpaired) electrons. The van der Waals surface area contributed by atoms with Crippen LogP contribution < -0.4 is 14.8 Å². The lowest BCUT2D eigenvalue weighted by Gasteiger charge is -2.26. The first-order chi connectivity index (χ1) is 9.69. The van der Waals surface area contributed by atoms with Crippen LogP contribution in [0.2, 0.25) is 0 Å². The Morgan fingerprint density at radius 3 is 2.95 bits per heavy atom. The summed E-state index contributed by atoms with van der Waals surface area (Å²) in [6.45, 7) is 1.60. The molecular weight excluding hydrogens is 260 g/mol. The van der Waals surface area contributed by atoms with Crippen LogP contribution in [0, 0.1) is 0 Å². The van der Waals surface area contributed by atoms with Gasteiger partial charge in [0.15, 0.2) is 11.5 Å². The fourth-order valence-corrected chi connectivity index (χ4v) is 1.94. The molecule has 1 aromatic carbocycles. The number of rotatable bonds is 6. The van der Waals surface area contributed by atoms with Crippen LogP contribution >= 0.6 is 0 Å². The van der Waals surface area contributed by atoms with Crippen molar-refractivity contribution in [2.24, 2.45) is 0 Å². The summed E-state index contributed by atoms with van der Waals surface area (Å²) in [6.07, 6.45) is -0.183. The van der Waals surface area contributed by atoms with Crippen molar-refractivity contribution in [2.75, 3.05) is 39.9 Å². The Hall–Kier alpha value is -1.79. The average Bonchev–Trinajstić information content (AvgIpc) is 2.45. The molecule has 1 amide bonds. The molecule has 0 bridgehead atoms. The molecule has 0 saturated carbocycles. The maximum atomic E-state index is 11.7. The lowest BCUT2D eigenvalue weighted by molar-refractivity contribution is -0.122. The van der Waals surface area contributed by atoms with E-state index in [-0.39, 0.29) is 25.2 Å². The smallest absolute Gasteiger partial charge is 0.234 e. The highest BCUT2D eigenvalue weighted by molar-refractivity contribution is 5.78. The van der Waals surface area contributed by atoms with E-state index in [2.05, 4.69) is 5.32 Å². The number of para-hydroxylation sites is 2. The van der Waals surface area contributed by atoms with Crippen molar-refractivity contribution < 1.29 is 19.4 Å². The summed E-state index contributed by atoms with van der Waals surface area (Å²) < 4.78 is 11.3. The largest absolute Gasteiger partial charge is 0.486 e. The summed E-state index contributed by atoms with van der Waals surface area (Å²) in [7, 11) is 1.78. The van der Waals surface area contributed by atoms with Gasteiger partial charge in [-0.1, -0.05) is 12.1 Å². The molecule has 0 aromatic heterocycles. The lowest BCUT2D eigenvalue weighted by Crippen LogP contribution is -2.44. The number of carbonyl (C=O) groups is 1. The number of likely N-dealkylation sites (N-methyl/N-ethyl adjacent to an activating group) is 1. The number of carbonyl (C=O) groups excluding carboxylic acids is 1.